The van der Waals surface area contributed by atoms with Gasteiger partial charge in [0.05, 0.1) is 24.8 Å². The summed E-state index contributed by atoms with van der Waals surface area (Å²) in [5.41, 5.74) is 1.10. The van der Waals surface area contributed by atoms with E-state index in [1.807, 2.05) is 30.3 Å². The zero-order valence-corrected chi connectivity index (χ0v) is 18.1. The molecule has 1 aliphatic rings. The first-order valence-corrected chi connectivity index (χ1v) is 10.3. The highest BCUT2D eigenvalue weighted by Gasteiger charge is 2.18. The first-order chi connectivity index (χ1) is 14.1. The largest absolute Gasteiger partial charge is 0.376 e. The molecule has 7 heteroatoms. The molecule has 1 aliphatic heterocycles. The summed E-state index contributed by atoms with van der Waals surface area (Å²) in [6, 6.07) is 11.0. The molecule has 3 rings (SSSR count). The summed E-state index contributed by atoms with van der Waals surface area (Å²) < 4.78 is 7.14. The third-order valence-corrected chi connectivity index (χ3v) is 5.16. The van der Waals surface area contributed by atoms with E-state index in [1.165, 1.54) is 10.6 Å². The summed E-state index contributed by atoms with van der Waals surface area (Å²) in [6.45, 7) is 4.42. The molecule has 1 unspecified atom stereocenters. The molecular formula is C23H29ClN2O4. The Morgan fingerprint density at radius 3 is 2.63 bits per heavy atom. The van der Waals surface area contributed by atoms with Gasteiger partial charge in [-0.2, -0.15) is 0 Å². The fourth-order valence-electron chi connectivity index (χ4n) is 3.52. The number of ether oxygens (including phenoxy) is 1. The van der Waals surface area contributed by atoms with E-state index in [2.05, 4.69) is 5.32 Å². The number of nitrogens with one attached hydrogen (secondary N) is 1. The van der Waals surface area contributed by atoms with Crippen LogP contribution >= 0.6 is 12.4 Å². The zero-order valence-electron chi connectivity index (χ0n) is 17.3. The summed E-state index contributed by atoms with van der Waals surface area (Å²) in [4.78, 5) is 37.8. The van der Waals surface area contributed by atoms with Gasteiger partial charge in [0, 0.05) is 37.7 Å². The molecule has 0 radical (unpaired) electrons. The molecule has 0 aliphatic carbocycles. The number of ketones is 2. The molecule has 30 heavy (non-hydrogen) atoms. The van der Waals surface area contributed by atoms with Crippen LogP contribution in [-0.4, -0.2) is 41.9 Å². The smallest absolute Gasteiger partial charge is 0.261 e. The van der Waals surface area contributed by atoms with Crippen LogP contribution in [0.15, 0.2) is 47.4 Å². The molecule has 1 N–H and O–H groups in total. The monoisotopic (exact) mass is 432 g/mol. The van der Waals surface area contributed by atoms with Crippen LogP contribution in [-0.2, 0) is 11.3 Å². The Balaban J connectivity index is 0.00000320. The van der Waals surface area contributed by atoms with E-state index in [0.717, 1.165) is 25.1 Å². The Labute approximate surface area is 183 Å². The lowest BCUT2D eigenvalue weighted by Gasteiger charge is -2.23. The van der Waals surface area contributed by atoms with Gasteiger partial charge in [-0.25, -0.2) is 0 Å². The SMILES string of the molecule is CCC(=O)c1cc(C(=O)CCCC2CNCCO2)cn(Cc2ccccc2)c1=O.Cl. The van der Waals surface area contributed by atoms with Crippen LogP contribution in [0.2, 0.25) is 0 Å². The van der Waals surface area contributed by atoms with Gasteiger partial charge < -0.3 is 14.6 Å². The number of nitrogens with zero attached hydrogens (tertiary/aromatic N) is 1. The molecule has 0 spiro atoms. The number of morpholine rings is 1. The van der Waals surface area contributed by atoms with E-state index < -0.39 is 0 Å². The van der Waals surface area contributed by atoms with Gasteiger partial charge in [0.2, 0.25) is 0 Å². The number of aromatic nitrogens is 1. The van der Waals surface area contributed by atoms with Crippen LogP contribution in [0.1, 0.15) is 58.9 Å². The molecule has 1 fully saturated rings. The molecule has 0 bridgehead atoms. The predicted octanol–water partition coefficient (Wildman–Crippen LogP) is 3.25. The van der Waals surface area contributed by atoms with Crippen LogP contribution < -0.4 is 10.9 Å². The van der Waals surface area contributed by atoms with Gasteiger partial charge in [-0.15, -0.1) is 12.4 Å². The maximum atomic E-state index is 12.8. The molecule has 0 amide bonds. The maximum absolute atomic E-state index is 12.8. The van der Waals surface area contributed by atoms with Crippen molar-refractivity contribution in [3.8, 4) is 0 Å². The average molecular weight is 433 g/mol. The second-order valence-electron chi connectivity index (χ2n) is 7.35. The summed E-state index contributed by atoms with van der Waals surface area (Å²) in [7, 11) is 0. The number of pyridine rings is 1. The molecule has 1 saturated heterocycles. The first kappa shape index (κ1) is 24.0. The van der Waals surface area contributed by atoms with E-state index in [0.29, 0.717) is 31.6 Å². The van der Waals surface area contributed by atoms with Gasteiger partial charge in [0.1, 0.15) is 0 Å². The molecule has 2 heterocycles. The summed E-state index contributed by atoms with van der Waals surface area (Å²) in [6.07, 6.45) is 3.83. The Morgan fingerprint density at radius 1 is 1.20 bits per heavy atom. The highest BCUT2D eigenvalue weighted by Crippen LogP contribution is 2.13. The molecule has 162 valence electrons. The van der Waals surface area contributed by atoms with Crippen LogP contribution in [0.5, 0.6) is 0 Å². The van der Waals surface area contributed by atoms with Crippen molar-refractivity contribution >= 4 is 24.0 Å². The molecule has 2 aromatic rings. The highest BCUT2D eigenvalue weighted by atomic mass is 35.5. The van der Waals surface area contributed by atoms with Crippen molar-refractivity contribution in [1.29, 1.82) is 0 Å². The van der Waals surface area contributed by atoms with Gasteiger partial charge in [0.15, 0.2) is 11.6 Å². The minimum absolute atomic E-state index is 0. The number of halogens is 1. The molecule has 1 atom stereocenters. The summed E-state index contributed by atoms with van der Waals surface area (Å²) in [5.74, 6) is -0.297. The van der Waals surface area contributed by atoms with Crippen LogP contribution in [0, 0.1) is 0 Å². The second kappa shape index (κ2) is 11.8. The average Bonchev–Trinajstić information content (AvgIpc) is 2.76. The van der Waals surface area contributed by atoms with Crippen LogP contribution in [0.25, 0.3) is 0 Å². The second-order valence-corrected chi connectivity index (χ2v) is 7.35. The lowest BCUT2D eigenvalue weighted by atomic mass is 10.0. The number of benzene rings is 1. The van der Waals surface area contributed by atoms with Crippen molar-refractivity contribution < 1.29 is 14.3 Å². The van der Waals surface area contributed by atoms with Crippen molar-refractivity contribution in [2.75, 3.05) is 19.7 Å². The van der Waals surface area contributed by atoms with Crippen molar-refractivity contribution in [2.45, 2.75) is 45.3 Å². The number of rotatable bonds is 9. The quantitative estimate of drug-likeness (QED) is 0.615. The molecule has 1 aromatic heterocycles. The van der Waals surface area contributed by atoms with Crippen molar-refractivity contribution in [3.05, 3.63) is 69.6 Å². The van der Waals surface area contributed by atoms with Gasteiger partial charge in [-0.3, -0.25) is 14.4 Å². The lowest BCUT2D eigenvalue weighted by Crippen LogP contribution is -2.38. The summed E-state index contributed by atoms with van der Waals surface area (Å²) in [5, 5.41) is 3.28. The first-order valence-electron chi connectivity index (χ1n) is 10.3. The third-order valence-electron chi connectivity index (χ3n) is 5.16. The van der Waals surface area contributed by atoms with Gasteiger partial charge in [0.25, 0.3) is 5.56 Å². The minimum Gasteiger partial charge on any atom is -0.376 e. The Kier molecular flexibility index (Phi) is 9.43. The summed E-state index contributed by atoms with van der Waals surface area (Å²) >= 11 is 0. The normalized spacial score (nSPS) is 16.0. The minimum atomic E-state index is -0.348. The topological polar surface area (TPSA) is 77.4 Å². The van der Waals surface area contributed by atoms with Gasteiger partial charge in [-0.1, -0.05) is 37.3 Å². The Bertz CT molecular complexity index is 905. The third kappa shape index (κ3) is 6.36. The Morgan fingerprint density at radius 2 is 1.97 bits per heavy atom. The fourth-order valence-corrected chi connectivity index (χ4v) is 3.52. The van der Waals surface area contributed by atoms with Gasteiger partial charge >= 0.3 is 0 Å². The highest BCUT2D eigenvalue weighted by molar-refractivity contribution is 6.00. The number of carbonyl (C=O) groups excluding carboxylic acids is 2. The Hall–Kier alpha value is -2.28. The number of hydrogen-bond donors (Lipinski definition) is 1. The van der Waals surface area contributed by atoms with E-state index in [1.54, 1.807) is 13.1 Å². The van der Waals surface area contributed by atoms with Crippen LogP contribution in [0.3, 0.4) is 0 Å². The number of Topliss-reactive ketones (excluding diaryl/α,β-unsaturated/α-hetero) is 2. The van der Waals surface area contributed by atoms with E-state index in [9.17, 15) is 14.4 Å². The van der Waals surface area contributed by atoms with E-state index >= 15 is 0 Å². The predicted molar refractivity (Wildman–Crippen MR) is 119 cm³/mol. The standard InChI is InChI=1S/C23H28N2O4.ClH/c1-2-21(26)20-13-18(22(27)10-6-9-19-14-24-11-12-29-19)16-25(23(20)28)15-17-7-4-3-5-8-17;/h3-5,7-8,13,16,19,24H,2,6,9-12,14-15H2,1H3;1H. The molecule has 6 nitrogen and oxygen atoms in total. The van der Waals surface area contributed by atoms with Crippen molar-refractivity contribution in [2.24, 2.45) is 0 Å². The fraction of sp³-hybridized carbons (Fsp3) is 0.435. The van der Waals surface area contributed by atoms with E-state index in [4.69, 9.17) is 4.74 Å². The molecular weight excluding hydrogens is 404 g/mol. The van der Waals surface area contributed by atoms with Gasteiger partial charge in [-0.05, 0) is 24.5 Å². The molecule has 0 saturated carbocycles. The van der Waals surface area contributed by atoms with Crippen LogP contribution in [0.4, 0.5) is 0 Å². The number of carbonyl (C=O) groups is 2. The number of hydrogen-bond acceptors (Lipinski definition) is 5. The maximum Gasteiger partial charge on any atom is 0.261 e. The lowest BCUT2D eigenvalue weighted by molar-refractivity contribution is 0.0222. The van der Waals surface area contributed by atoms with Crippen molar-refractivity contribution in [1.82, 2.24) is 9.88 Å². The zero-order chi connectivity index (χ0) is 20.6. The van der Waals surface area contributed by atoms with E-state index in [-0.39, 0.29) is 47.6 Å². The molecule has 1 aromatic carbocycles. The van der Waals surface area contributed by atoms with Crippen molar-refractivity contribution in [3.63, 3.8) is 0 Å².